The van der Waals surface area contributed by atoms with Crippen LogP contribution in [0.5, 0.6) is 0 Å². The second-order valence-electron chi connectivity index (χ2n) is 8.95. The van der Waals surface area contributed by atoms with Crippen molar-refractivity contribution < 1.29 is 9.53 Å². The monoisotopic (exact) mass is 322 g/mol. The van der Waals surface area contributed by atoms with Crippen LogP contribution in [-0.4, -0.2) is 42.3 Å². The van der Waals surface area contributed by atoms with Gasteiger partial charge in [-0.25, -0.2) is 4.79 Å². The Morgan fingerprint density at radius 1 is 1.13 bits per heavy atom. The lowest BCUT2D eigenvalue weighted by molar-refractivity contribution is 0.0288. The number of amides is 1. The molecule has 3 rings (SSSR count). The smallest absolute Gasteiger partial charge is 0.410 e. The summed E-state index contributed by atoms with van der Waals surface area (Å²) in [7, 11) is 0. The SMILES string of the molecule is CC(C)(C)OC(=O)N1CCC(CNC2CCCC(C3CC3)C2)C1. The van der Waals surface area contributed by atoms with Crippen molar-refractivity contribution in [1.82, 2.24) is 10.2 Å². The number of hydrogen-bond acceptors (Lipinski definition) is 3. The second kappa shape index (κ2) is 7.00. The van der Waals surface area contributed by atoms with Crippen LogP contribution in [0, 0.1) is 17.8 Å². The van der Waals surface area contributed by atoms with Crippen molar-refractivity contribution in [1.29, 1.82) is 0 Å². The zero-order chi connectivity index (χ0) is 16.4. The van der Waals surface area contributed by atoms with E-state index in [2.05, 4.69) is 5.32 Å². The maximum absolute atomic E-state index is 12.1. The van der Waals surface area contributed by atoms with Crippen molar-refractivity contribution >= 4 is 6.09 Å². The Kier molecular flexibility index (Phi) is 5.19. The van der Waals surface area contributed by atoms with E-state index in [1.807, 2.05) is 25.7 Å². The van der Waals surface area contributed by atoms with Gasteiger partial charge in [0.05, 0.1) is 0 Å². The molecule has 1 N–H and O–H groups in total. The highest BCUT2D eigenvalue weighted by Gasteiger charge is 2.35. The predicted molar refractivity (Wildman–Crippen MR) is 92.4 cm³/mol. The Balaban J connectivity index is 1.37. The standard InChI is InChI=1S/C19H34N2O2/c1-19(2,3)23-18(22)21-10-9-14(13-21)12-20-17-6-4-5-16(11-17)15-7-8-15/h14-17,20H,4-13H2,1-3H3. The van der Waals surface area contributed by atoms with Gasteiger partial charge in [0.25, 0.3) is 0 Å². The van der Waals surface area contributed by atoms with E-state index in [4.69, 9.17) is 4.74 Å². The summed E-state index contributed by atoms with van der Waals surface area (Å²) in [5, 5.41) is 3.81. The lowest BCUT2D eigenvalue weighted by Crippen LogP contribution is -2.39. The molecule has 1 amide bonds. The summed E-state index contributed by atoms with van der Waals surface area (Å²) in [4.78, 5) is 14.0. The first-order valence-corrected chi connectivity index (χ1v) is 9.62. The van der Waals surface area contributed by atoms with Crippen LogP contribution in [0.3, 0.4) is 0 Å². The lowest BCUT2D eigenvalue weighted by Gasteiger charge is -2.31. The third-order valence-corrected chi connectivity index (χ3v) is 5.64. The Bertz CT molecular complexity index is 414. The van der Waals surface area contributed by atoms with Crippen LogP contribution in [0.1, 0.15) is 65.7 Å². The molecule has 0 aromatic rings. The highest BCUT2D eigenvalue weighted by molar-refractivity contribution is 5.68. The summed E-state index contributed by atoms with van der Waals surface area (Å²) in [5.41, 5.74) is -0.395. The van der Waals surface area contributed by atoms with E-state index < -0.39 is 5.60 Å². The number of carbonyl (C=O) groups is 1. The van der Waals surface area contributed by atoms with E-state index >= 15 is 0 Å². The van der Waals surface area contributed by atoms with E-state index in [1.54, 1.807) is 0 Å². The molecule has 3 atom stereocenters. The van der Waals surface area contributed by atoms with Gasteiger partial charge in [-0.1, -0.05) is 12.8 Å². The van der Waals surface area contributed by atoms with Crippen LogP contribution >= 0.6 is 0 Å². The topological polar surface area (TPSA) is 41.6 Å². The van der Waals surface area contributed by atoms with Crippen molar-refractivity contribution in [3.05, 3.63) is 0 Å². The van der Waals surface area contributed by atoms with Crippen molar-refractivity contribution in [2.45, 2.75) is 77.4 Å². The van der Waals surface area contributed by atoms with Gasteiger partial charge in [0.15, 0.2) is 0 Å². The molecule has 2 saturated carbocycles. The normalized spacial score (nSPS) is 32.1. The molecular weight excluding hydrogens is 288 g/mol. The number of nitrogens with one attached hydrogen (secondary N) is 1. The third-order valence-electron chi connectivity index (χ3n) is 5.64. The van der Waals surface area contributed by atoms with Gasteiger partial charge in [-0.15, -0.1) is 0 Å². The predicted octanol–water partition coefficient (Wildman–Crippen LogP) is 3.80. The number of carbonyl (C=O) groups excluding carboxylic acids is 1. The average molecular weight is 322 g/mol. The molecule has 0 aromatic heterocycles. The Morgan fingerprint density at radius 3 is 2.61 bits per heavy atom. The van der Waals surface area contributed by atoms with Gasteiger partial charge in [-0.3, -0.25) is 0 Å². The first kappa shape index (κ1) is 17.1. The fourth-order valence-electron chi connectivity index (χ4n) is 4.23. The van der Waals surface area contributed by atoms with Gasteiger partial charge in [0, 0.05) is 19.1 Å². The number of ether oxygens (including phenoxy) is 1. The Hall–Kier alpha value is -0.770. The van der Waals surface area contributed by atoms with Crippen molar-refractivity contribution in [3.8, 4) is 0 Å². The van der Waals surface area contributed by atoms with Crippen LogP contribution < -0.4 is 5.32 Å². The molecule has 1 saturated heterocycles. The molecule has 3 fully saturated rings. The van der Waals surface area contributed by atoms with Crippen molar-refractivity contribution in [3.63, 3.8) is 0 Å². The molecule has 23 heavy (non-hydrogen) atoms. The van der Waals surface area contributed by atoms with E-state index in [-0.39, 0.29) is 6.09 Å². The average Bonchev–Trinajstić information content (AvgIpc) is 3.22. The molecule has 0 radical (unpaired) electrons. The van der Waals surface area contributed by atoms with E-state index in [1.165, 1.54) is 38.5 Å². The minimum absolute atomic E-state index is 0.147. The van der Waals surface area contributed by atoms with Crippen LogP contribution in [-0.2, 0) is 4.74 Å². The maximum atomic E-state index is 12.1. The quantitative estimate of drug-likeness (QED) is 0.856. The summed E-state index contributed by atoms with van der Waals surface area (Å²) < 4.78 is 5.48. The van der Waals surface area contributed by atoms with Crippen molar-refractivity contribution in [2.24, 2.45) is 17.8 Å². The summed E-state index contributed by atoms with van der Waals surface area (Å²) in [6.45, 7) is 8.54. The first-order valence-electron chi connectivity index (χ1n) is 9.62. The zero-order valence-corrected chi connectivity index (χ0v) is 15.1. The second-order valence-corrected chi connectivity index (χ2v) is 8.95. The summed E-state index contributed by atoms with van der Waals surface area (Å²) in [6.07, 6.45) is 9.48. The zero-order valence-electron chi connectivity index (χ0n) is 15.1. The molecule has 3 unspecified atom stereocenters. The maximum Gasteiger partial charge on any atom is 0.410 e. The van der Waals surface area contributed by atoms with Gasteiger partial charge in [-0.05, 0) is 77.2 Å². The highest BCUT2D eigenvalue weighted by Crippen LogP contribution is 2.43. The summed E-state index contributed by atoms with van der Waals surface area (Å²) in [6, 6.07) is 0.713. The fraction of sp³-hybridized carbons (Fsp3) is 0.947. The molecular formula is C19H34N2O2. The molecule has 0 spiro atoms. The molecule has 2 aliphatic carbocycles. The minimum Gasteiger partial charge on any atom is -0.444 e. The van der Waals surface area contributed by atoms with Crippen LogP contribution in [0.15, 0.2) is 0 Å². The Morgan fingerprint density at radius 2 is 1.91 bits per heavy atom. The molecule has 3 aliphatic rings. The highest BCUT2D eigenvalue weighted by atomic mass is 16.6. The number of likely N-dealkylation sites (tertiary alicyclic amines) is 1. The minimum atomic E-state index is -0.395. The molecule has 0 aromatic carbocycles. The van der Waals surface area contributed by atoms with Crippen LogP contribution in [0.4, 0.5) is 4.79 Å². The molecule has 0 bridgehead atoms. The van der Waals surface area contributed by atoms with Gasteiger partial charge in [-0.2, -0.15) is 0 Å². The fourth-order valence-corrected chi connectivity index (χ4v) is 4.23. The van der Waals surface area contributed by atoms with Crippen molar-refractivity contribution in [2.75, 3.05) is 19.6 Å². The molecule has 1 heterocycles. The van der Waals surface area contributed by atoms with E-state index in [0.717, 1.165) is 37.9 Å². The molecule has 1 aliphatic heterocycles. The lowest BCUT2D eigenvalue weighted by atomic mass is 9.82. The molecule has 4 nitrogen and oxygen atoms in total. The number of hydrogen-bond donors (Lipinski definition) is 1. The summed E-state index contributed by atoms with van der Waals surface area (Å²) in [5.74, 6) is 2.63. The Labute approximate surface area is 141 Å². The van der Waals surface area contributed by atoms with Gasteiger partial charge in [0.2, 0.25) is 0 Å². The van der Waals surface area contributed by atoms with Gasteiger partial charge < -0.3 is 15.0 Å². The molecule has 132 valence electrons. The van der Waals surface area contributed by atoms with Crippen LogP contribution in [0.2, 0.25) is 0 Å². The summed E-state index contributed by atoms with van der Waals surface area (Å²) >= 11 is 0. The number of rotatable bonds is 4. The first-order chi connectivity index (χ1) is 10.9. The van der Waals surface area contributed by atoms with E-state index in [9.17, 15) is 4.79 Å². The van der Waals surface area contributed by atoms with Gasteiger partial charge >= 0.3 is 6.09 Å². The third kappa shape index (κ3) is 5.10. The number of nitrogens with zero attached hydrogens (tertiary/aromatic N) is 1. The van der Waals surface area contributed by atoms with E-state index in [0.29, 0.717) is 12.0 Å². The van der Waals surface area contributed by atoms with Crippen LogP contribution in [0.25, 0.3) is 0 Å². The molecule has 4 heteroatoms. The van der Waals surface area contributed by atoms with Gasteiger partial charge in [0.1, 0.15) is 5.60 Å². The largest absolute Gasteiger partial charge is 0.444 e.